The Kier molecular flexibility index (Phi) is 8.48. The van der Waals surface area contributed by atoms with Crippen LogP contribution in [0, 0.1) is 11.8 Å². The Hall–Kier alpha value is -2.12. The zero-order chi connectivity index (χ0) is 24.1. The first kappa shape index (κ1) is 25.0. The van der Waals surface area contributed by atoms with Crippen LogP contribution in [0.5, 0.6) is 5.75 Å². The standard InChI is InChI=1S/C27H42N4O3/c1-19(28-2)26(33)29-25(22-6-4-3-5-7-22)27(34)31-17-14-21-13-16-30(18-24(21)31)15-12-20-8-10-23(32)11-9-20/h8-11,19,21-22,24-25,28,32H,3-7,12-18H2,1-2H3,(H,29,33)/t19-,21?,24?,25-/m0/s1. The minimum absolute atomic E-state index is 0.0821. The number of phenolic OH excluding ortho intramolecular Hbond substituents is 1. The number of likely N-dealkylation sites (N-methyl/N-ethyl adjacent to an activating group) is 1. The fourth-order valence-electron chi connectivity index (χ4n) is 6.07. The summed E-state index contributed by atoms with van der Waals surface area (Å²) in [7, 11) is 1.78. The number of nitrogens with zero attached hydrogens (tertiary/aromatic N) is 2. The lowest BCUT2D eigenvalue weighted by Gasteiger charge is -2.41. The van der Waals surface area contributed by atoms with E-state index in [4.69, 9.17) is 0 Å². The van der Waals surface area contributed by atoms with Gasteiger partial charge < -0.3 is 25.5 Å². The van der Waals surface area contributed by atoms with Gasteiger partial charge in [0.25, 0.3) is 0 Å². The van der Waals surface area contributed by atoms with Gasteiger partial charge >= 0.3 is 0 Å². The van der Waals surface area contributed by atoms with Gasteiger partial charge in [0.05, 0.1) is 6.04 Å². The lowest BCUT2D eigenvalue weighted by molar-refractivity contribution is -0.140. The number of hydrogen-bond acceptors (Lipinski definition) is 5. The number of fused-ring (bicyclic) bond motifs is 1. The molecule has 2 saturated heterocycles. The summed E-state index contributed by atoms with van der Waals surface area (Å²) in [5, 5.41) is 15.7. The van der Waals surface area contributed by atoms with E-state index in [2.05, 4.69) is 20.4 Å². The van der Waals surface area contributed by atoms with Crippen molar-refractivity contribution >= 4 is 11.8 Å². The lowest BCUT2D eigenvalue weighted by Crippen LogP contribution is -2.58. The fourth-order valence-corrected chi connectivity index (χ4v) is 6.07. The Morgan fingerprint density at radius 3 is 2.47 bits per heavy atom. The van der Waals surface area contributed by atoms with Crippen LogP contribution >= 0.6 is 0 Å². The molecule has 7 nitrogen and oxygen atoms in total. The molecular weight excluding hydrogens is 428 g/mol. The number of likely N-dealkylation sites (tertiary alicyclic amines) is 2. The summed E-state index contributed by atoms with van der Waals surface area (Å²) in [5.74, 6) is 1.15. The first-order chi connectivity index (χ1) is 16.5. The molecule has 1 aliphatic carbocycles. The number of carbonyl (C=O) groups excluding carboxylic acids is 2. The predicted molar refractivity (Wildman–Crippen MR) is 134 cm³/mol. The van der Waals surface area contributed by atoms with Crippen LogP contribution in [0.2, 0.25) is 0 Å². The highest BCUT2D eigenvalue weighted by atomic mass is 16.3. The second kappa shape index (κ2) is 11.5. The molecule has 1 saturated carbocycles. The molecule has 0 bridgehead atoms. The van der Waals surface area contributed by atoms with Gasteiger partial charge in [-0.2, -0.15) is 0 Å². The summed E-state index contributed by atoms with van der Waals surface area (Å²) in [6.07, 6.45) is 8.68. The zero-order valence-corrected chi connectivity index (χ0v) is 20.8. The highest BCUT2D eigenvalue weighted by Gasteiger charge is 2.44. The number of nitrogens with one attached hydrogen (secondary N) is 2. The van der Waals surface area contributed by atoms with Crippen LogP contribution in [0.15, 0.2) is 24.3 Å². The maximum Gasteiger partial charge on any atom is 0.245 e. The second-order valence-electron chi connectivity index (χ2n) is 10.5. The summed E-state index contributed by atoms with van der Waals surface area (Å²) in [5.41, 5.74) is 1.22. The number of aromatic hydroxyl groups is 1. The van der Waals surface area contributed by atoms with Gasteiger partial charge in [-0.25, -0.2) is 0 Å². The van der Waals surface area contributed by atoms with E-state index in [9.17, 15) is 14.7 Å². The van der Waals surface area contributed by atoms with E-state index in [0.29, 0.717) is 11.7 Å². The van der Waals surface area contributed by atoms with E-state index in [1.807, 2.05) is 19.1 Å². The second-order valence-corrected chi connectivity index (χ2v) is 10.5. The maximum absolute atomic E-state index is 13.9. The number of piperidine rings is 1. The first-order valence-corrected chi connectivity index (χ1v) is 13.2. The highest BCUT2D eigenvalue weighted by Crippen LogP contribution is 2.34. The number of hydrogen-bond donors (Lipinski definition) is 3. The molecule has 0 radical (unpaired) electrons. The molecule has 4 atom stereocenters. The Morgan fingerprint density at radius 2 is 1.76 bits per heavy atom. The molecule has 3 aliphatic rings. The predicted octanol–water partition coefficient (Wildman–Crippen LogP) is 2.53. The normalized spacial score (nSPS) is 25.5. The Balaban J connectivity index is 1.41. The maximum atomic E-state index is 13.9. The topological polar surface area (TPSA) is 84.9 Å². The van der Waals surface area contributed by atoms with Crippen LogP contribution < -0.4 is 10.6 Å². The van der Waals surface area contributed by atoms with Crippen LogP contribution in [0.3, 0.4) is 0 Å². The van der Waals surface area contributed by atoms with Crippen LogP contribution in [-0.2, 0) is 16.0 Å². The van der Waals surface area contributed by atoms with Crippen LogP contribution in [0.4, 0.5) is 0 Å². The van der Waals surface area contributed by atoms with Crippen molar-refractivity contribution in [2.75, 3.05) is 33.2 Å². The van der Waals surface area contributed by atoms with Crippen LogP contribution in [0.1, 0.15) is 57.4 Å². The average Bonchev–Trinajstić information content (AvgIpc) is 3.29. The van der Waals surface area contributed by atoms with Gasteiger partial charge in [-0.1, -0.05) is 31.4 Å². The van der Waals surface area contributed by atoms with Crippen molar-refractivity contribution in [3.63, 3.8) is 0 Å². The first-order valence-electron chi connectivity index (χ1n) is 13.2. The molecule has 3 fully saturated rings. The molecule has 0 spiro atoms. The summed E-state index contributed by atoms with van der Waals surface area (Å²) >= 11 is 0. The van der Waals surface area contributed by atoms with E-state index in [-0.39, 0.29) is 29.8 Å². The van der Waals surface area contributed by atoms with E-state index in [0.717, 1.165) is 71.1 Å². The third kappa shape index (κ3) is 5.92. The molecule has 2 aliphatic heterocycles. The molecule has 2 unspecified atom stereocenters. The van der Waals surface area contributed by atoms with Crippen molar-refractivity contribution in [1.82, 2.24) is 20.4 Å². The van der Waals surface area contributed by atoms with Gasteiger partial charge in [-0.3, -0.25) is 9.59 Å². The van der Waals surface area contributed by atoms with Crippen molar-refractivity contribution in [2.24, 2.45) is 11.8 Å². The minimum Gasteiger partial charge on any atom is -0.508 e. The number of phenols is 1. The van der Waals surface area contributed by atoms with Crippen molar-refractivity contribution in [2.45, 2.75) is 76.4 Å². The van der Waals surface area contributed by atoms with Gasteiger partial charge in [0.1, 0.15) is 11.8 Å². The summed E-state index contributed by atoms with van der Waals surface area (Å²) in [6, 6.07) is 6.98. The van der Waals surface area contributed by atoms with Crippen LogP contribution in [-0.4, -0.2) is 78.1 Å². The third-order valence-electron chi connectivity index (χ3n) is 8.39. The van der Waals surface area contributed by atoms with E-state index in [1.165, 1.54) is 12.0 Å². The Bertz CT molecular complexity index is 824. The van der Waals surface area contributed by atoms with Crippen LogP contribution in [0.25, 0.3) is 0 Å². The largest absolute Gasteiger partial charge is 0.508 e. The van der Waals surface area contributed by atoms with Crippen molar-refractivity contribution < 1.29 is 14.7 Å². The Labute approximate surface area is 204 Å². The highest BCUT2D eigenvalue weighted by molar-refractivity contribution is 5.90. The molecule has 2 amide bonds. The molecule has 2 heterocycles. The van der Waals surface area contributed by atoms with E-state index in [1.54, 1.807) is 19.2 Å². The summed E-state index contributed by atoms with van der Waals surface area (Å²) < 4.78 is 0. The molecule has 3 N–H and O–H groups in total. The number of carbonyl (C=O) groups is 2. The summed E-state index contributed by atoms with van der Waals surface area (Å²) in [4.78, 5) is 31.3. The molecule has 188 valence electrons. The molecule has 1 aromatic carbocycles. The number of benzene rings is 1. The SMILES string of the molecule is CN[C@@H](C)C(=O)N[C@H](C(=O)N1CCC2CCN(CCc3ccc(O)cc3)CC21)C1CCCCC1. The van der Waals surface area contributed by atoms with Gasteiger partial charge in [-0.15, -0.1) is 0 Å². The molecule has 1 aromatic rings. The van der Waals surface area contributed by atoms with Gasteiger partial charge in [0.2, 0.25) is 11.8 Å². The van der Waals surface area contributed by atoms with Crippen molar-refractivity contribution in [3.8, 4) is 5.75 Å². The molecule has 34 heavy (non-hydrogen) atoms. The number of amides is 2. The molecule has 7 heteroatoms. The van der Waals surface area contributed by atoms with Crippen molar-refractivity contribution in [1.29, 1.82) is 0 Å². The fraction of sp³-hybridized carbons (Fsp3) is 0.704. The smallest absolute Gasteiger partial charge is 0.245 e. The number of rotatable bonds is 8. The van der Waals surface area contributed by atoms with Gasteiger partial charge in [0.15, 0.2) is 0 Å². The van der Waals surface area contributed by atoms with Crippen molar-refractivity contribution in [3.05, 3.63) is 29.8 Å². The average molecular weight is 471 g/mol. The molecule has 4 rings (SSSR count). The Morgan fingerprint density at radius 1 is 1.06 bits per heavy atom. The quantitative estimate of drug-likeness (QED) is 0.544. The van der Waals surface area contributed by atoms with Gasteiger partial charge in [-0.05, 0) is 82.2 Å². The molecular formula is C27H42N4O3. The lowest BCUT2D eigenvalue weighted by atomic mass is 9.83. The molecule has 0 aromatic heterocycles. The zero-order valence-electron chi connectivity index (χ0n) is 20.8. The summed E-state index contributed by atoms with van der Waals surface area (Å²) in [6.45, 7) is 5.59. The van der Waals surface area contributed by atoms with E-state index < -0.39 is 6.04 Å². The minimum atomic E-state index is -0.408. The monoisotopic (exact) mass is 470 g/mol. The van der Waals surface area contributed by atoms with E-state index >= 15 is 0 Å². The third-order valence-corrected chi connectivity index (χ3v) is 8.39. The van der Waals surface area contributed by atoms with Gasteiger partial charge in [0, 0.05) is 25.7 Å².